The van der Waals surface area contributed by atoms with E-state index in [4.69, 9.17) is 19.6 Å². The molecule has 3 heterocycles. The van der Waals surface area contributed by atoms with Crippen molar-refractivity contribution in [3.63, 3.8) is 0 Å². The number of non-ortho nitro benzene ring substituents is 1. The first-order chi connectivity index (χ1) is 17.8. The first kappa shape index (κ1) is 23.7. The molecule has 0 amide bonds. The van der Waals surface area contributed by atoms with Gasteiger partial charge in [-0.15, -0.1) is 5.10 Å². The van der Waals surface area contributed by atoms with Gasteiger partial charge in [0.15, 0.2) is 0 Å². The van der Waals surface area contributed by atoms with Crippen LogP contribution in [0.15, 0.2) is 70.5 Å². The monoisotopic (exact) mass is 497 g/mol. The topological polar surface area (TPSA) is 153 Å². The van der Waals surface area contributed by atoms with Crippen molar-refractivity contribution in [2.45, 2.75) is 32.8 Å². The summed E-state index contributed by atoms with van der Waals surface area (Å²) in [4.78, 5) is 10.7. The van der Waals surface area contributed by atoms with Crippen molar-refractivity contribution < 1.29 is 18.8 Å². The molecule has 1 aliphatic heterocycles. The lowest BCUT2D eigenvalue weighted by molar-refractivity contribution is -0.384. The molecular weight excluding hydrogens is 474 g/mol. The van der Waals surface area contributed by atoms with Gasteiger partial charge >= 0.3 is 0 Å². The summed E-state index contributed by atoms with van der Waals surface area (Å²) in [5.74, 6) is 1.22. The third-order valence-corrected chi connectivity index (χ3v) is 6.05. The molecule has 0 spiro atoms. The number of allylic oxidation sites excluding steroid dienone is 1. The minimum Gasteiger partial charge on any atom is -0.491 e. The molecule has 0 aliphatic carbocycles. The van der Waals surface area contributed by atoms with Crippen LogP contribution >= 0.6 is 0 Å². The predicted molar refractivity (Wildman–Crippen MR) is 135 cm³/mol. The molecule has 0 saturated heterocycles. The molecule has 1 unspecified atom stereocenters. The number of nitro groups is 1. The zero-order chi connectivity index (χ0) is 26.3. The molecule has 10 nitrogen and oxygen atoms in total. The number of aryl methyl sites for hydroxylation is 1. The summed E-state index contributed by atoms with van der Waals surface area (Å²) in [5, 5.41) is 28.4. The van der Waals surface area contributed by atoms with Crippen LogP contribution in [0.3, 0.4) is 0 Å². The first-order valence-electron chi connectivity index (χ1n) is 11.5. The molecule has 0 bridgehead atoms. The molecular formula is C27H23N5O5. The Labute approximate surface area is 212 Å². The highest BCUT2D eigenvalue weighted by Gasteiger charge is 2.37. The lowest BCUT2D eigenvalue weighted by Gasteiger charge is -2.22. The zero-order valence-corrected chi connectivity index (χ0v) is 20.3. The number of nitro benzene ring substituents is 1. The number of nitrogens with zero attached hydrogens (tertiary/aromatic N) is 3. The van der Waals surface area contributed by atoms with Crippen molar-refractivity contribution >= 4 is 5.69 Å². The number of furan rings is 1. The SMILES string of the molecule is Cc1cc([N+](=O)[O-])ccc1-c1ccc(C2C(C#N)=C(N)Oc3n[nH]c(-c4ccc(OC(C)C)cc4)c32)o1. The van der Waals surface area contributed by atoms with Gasteiger partial charge in [-0.1, -0.05) is 0 Å². The maximum absolute atomic E-state index is 11.1. The number of aromatic nitrogens is 2. The Bertz CT molecular complexity index is 1570. The van der Waals surface area contributed by atoms with Gasteiger partial charge in [0.2, 0.25) is 11.8 Å². The highest BCUT2D eigenvalue weighted by Crippen LogP contribution is 2.47. The first-order valence-corrected chi connectivity index (χ1v) is 11.5. The molecule has 0 fully saturated rings. The fraction of sp³-hybridized carbons (Fsp3) is 0.185. The number of hydrogen-bond donors (Lipinski definition) is 2. The highest BCUT2D eigenvalue weighted by atomic mass is 16.6. The third kappa shape index (κ3) is 4.27. The van der Waals surface area contributed by atoms with Crippen LogP contribution in [-0.4, -0.2) is 21.2 Å². The van der Waals surface area contributed by atoms with Crippen molar-refractivity contribution in [2.75, 3.05) is 0 Å². The maximum atomic E-state index is 11.1. The van der Waals surface area contributed by atoms with E-state index in [1.165, 1.54) is 12.1 Å². The Hall–Kier alpha value is -5.04. The van der Waals surface area contributed by atoms with E-state index in [1.54, 1.807) is 25.1 Å². The van der Waals surface area contributed by atoms with Crippen LogP contribution in [0.5, 0.6) is 11.6 Å². The van der Waals surface area contributed by atoms with E-state index in [1.807, 2.05) is 38.1 Å². The molecule has 3 N–H and O–H groups in total. The van der Waals surface area contributed by atoms with Crippen molar-refractivity contribution in [1.82, 2.24) is 10.2 Å². The Morgan fingerprint density at radius 2 is 1.95 bits per heavy atom. The van der Waals surface area contributed by atoms with Crippen molar-refractivity contribution in [2.24, 2.45) is 5.73 Å². The minimum atomic E-state index is -0.679. The fourth-order valence-corrected chi connectivity index (χ4v) is 4.41. The van der Waals surface area contributed by atoms with E-state index in [0.29, 0.717) is 33.9 Å². The molecule has 1 atom stereocenters. The van der Waals surface area contributed by atoms with Crippen LogP contribution in [0.25, 0.3) is 22.6 Å². The number of nitriles is 1. The number of hydrogen-bond acceptors (Lipinski definition) is 8. The molecule has 5 rings (SSSR count). The largest absolute Gasteiger partial charge is 0.491 e. The molecule has 2 aromatic carbocycles. The molecule has 37 heavy (non-hydrogen) atoms. The normalized spacial score (nSPS) is 14.7. The van der Waals surface area contributed by atoms with Crippen molar-refractivity contribution in [3.05, 3.63) is 93.1 Å². The quantitative estimate of drug-likeness (QED) is 0.259. The van der Waals surface area contributed by atoms with Crippen LogP contribution in [0, 0.1) is 28.4 Å². The number of H-pyrrole nitrogens is 1. The van der Waals surface area contributed by atoms with E-state index < -0.39 is 10.8 Å². The molecule has 2 aromatic heterocycles. The molecule has 186 valence electrons. The summed E-state index contributed by atoms with van der Waals surface area (Å²) in [6.45, 7) is 5.69. The average molecular weight is 498 g/mol. The molecule has 4 aromatic rings. The zero-order valence-electron chi connectivity index (χ0n) is 20.3. The van der Waals surface area contributed by atoms with Crippen LogP contribution in [0.2, 0.25) is 0 Å². The van der Waals surface area contributed by atoms with E-state index in [0.717, 1.165) is 11.3 Å². The minimum absolute atomic E-state index is 0.00238. The highest BCUT2D eigenvalue weighted by molar-refractivity contribution is 5.71. The van der Waals surface area contributed by atoms with E-state index in [2.05, 4.69) is 16.3 Å². The van der Waals surface area contributed by atoms with Crippen LogP contribution < -0.4 is 15.2 Å². The van der Waals surface area contributed by atoms with Gasteiger partial charge in [-0.25, -0.2) is 0 Å². The molecule has 10 heteroatoms. The number of fused-ring (bicyclic) bond motifs is 1. The molecule has 1 aliphatic rings. The smallest absolute Gasteiger partial charge is 0.269 e. The van der Waals surface area contributed by atoms with Crippen LogP contribution in [0.4, 0.5) is 5.69 Å². The van der Waals surface area contributed by atoms with Gasteiger partial charge in [0.1, 0.15) is 28.9 Å². The second kappa shape index (κ2) is 9.20. The van der Waals surface area contributed by atoms with Gasteiger partial charge in [0.05, 0.1) is 28.2 Å². The van der Waals surface area contributed by atoms with Crippen molar-refractivity contribution in [3.8, 4) is 40.3 Å². The summed E-state index contributed by atoms with van der Waals surface area (Å²) >= 11 is 0. The van der Waals surface area contributed by atoms with E-state index in [9.17, 15) is 15.4 Å². The van der Waals surface area contributed by atoms with Crippen molar-refractivity contribution in [1.29, 1.82) is 5.26 Å². The maximum Gasteiger partial charge on any atom is 0.269 e. The summed E-state index contributed by atoms with van der Waals surface area (Å²) in [5.41, 5.74) is 9.75. The van der Waals surface area contributed by atoms with Gasteiger partial charge in [-0.05, 0) is 68.8 Å². The Morgan fingerprint density at radius 1 is 1.19 bits per heavy atom. The number of aromatic amines is 1. The summed E-state index contributed by atoms with van der Waals surface area (Å²) in [7, 11) is 0. The number of ether oxygens (including phenoxy) is 2. The number of nitrogens with two attached hydrogens (primary N) is 1. The lowest BCUT2D eigenvalue weighted by atomic mass is 9.86. The predicted octanol–water partition coefficient (Wildman–Crippen LogP) is 5.56. The summed E-state index contributed by atoms with van der Waals surface area (Å²) in [6.07, 6.45) is 0.0439. The van der Waals surface area contributed by atoms with Crippen LogP contribution in [0.1, 0.15) is 36.7 Å². The Balaban J connectivity index is 1.58. The van der Waals surface area contributed by atoms with Gasteiger partial charge in [0.25, 0.3) is 5.69 Å². The standard InChI is InChI=1S/C27H23N5O5/c1-14(2)35-18-7-4-16(5-8-18)25-24-23(20(13-28)26(29)37-27(24)31-30-25)22-11-10-21(36-22)19-9-6-17(32(33)34)12-15(19)3/h4-12,14,23H,29H2,1-3H3,(H,30,31). The fourth-order valence-electron chi connectivity index (χ4n) is 4.41. The van der Waals surface area contributed by atoms with E-state index in [-0.39, 0.29) is 29.1 Å². The summed E-state index contributed by atoms with van der Waals surface area (Å²) < 4.78 is 17.6. The van der Waals surface area contributed by atoms with Gasteiger partial charge in [-0.2, -0.15) is 5.26 Å². The van der Waals surface area contributed by atoms with Crippen LogP contribution in [-0.2, 0) is 0 Å². The van der Waals surface area contributed by atoms with Gasteiger partial charge < -0.3 is 19.6 Å². The third-order valence-electron chi connectivity index (χ3n) is 6.05. The molecule has 0 radical (unpaired) electrons. The second-order valence-electron chi connectivity index (χ2n) is 8.89. The lowest BCUT2D eigenvalue weighted by Crippen LogP contribution is -2.20. The van der Waals surface area contributed by atoms with Gasteiger partial charge in [-0.3, -0.25) is 15.2 Å². The summed E-state index contributed by atoms with van der Waals surface area (Å²) in [6, 6.07) is 17.7. The number of benzene rings is 2. The second-order valence-corrected chi connectivity index (χ2v) is 8.89. The number of rotatable bonds is 6. The molecule has 0 saturated carbocycles. The van der Waals surface area contributed by atoms with E-state index >= 15 is 0 Å². The number of nitrogens with one attached hydrogen (secondary N) is 1. The Morgan fingerprint density at radius 3 is 2.59 bits per heavy atom. The average Bonchev–Trinajstić information content (AvgIpc) is 3.51. The van der Waals surface area contributed by atoms with Gasteiger partial charge in [0, 0.05) is 23.3 Å². The Kier molecular flexibility index (Phi) is 5.89.